The Bertz CT molecular complexity index is 589. The van der Waals surface area contributed by atoms with E-state index >= 15 is 0 Å². The van der Waals surface area contributed by atoms with Gasteiger partial charge in [-0.1, -0.05) is 13.0 Å². The predicted molar refractivity (Wildman–Crippen MR) is 83.0 cm³/mol. The summed E-state index contributed by atoms with van der Waals surface area (Å²) in [5.41, 5.74) is 0.760. The Labute approximate surface area is 123 Å². The maximum absolute atomic E-state index is 11.2. The molecule has 9 heteroatoms. The van der Waals surface area contributed by atoms with E-state index in [0.29, 0.717) is 17.9 Å². The summed E-state index contributed by atoms with van der Waals surface area (Å²) in [4.78, 5) is 10.7. The van der Waals surface area contributed by atoms with Gasteiger partial charge in [-0.3, -0.25) is 10.1 Å². The molecule has 21 heavy (non-hydrogen) atoms. The van der Waals surface area contributed by atoms with Crippen LogP contribution >= 0.6 is 0 Å². The first-order chi connectivity index (χ1) is 9.85. The van der Waals surface area contributed by atoms with Gasteiger partial charge in [-0.15, -0.1) is 0 Å². The Hall–Kier alpha value is -1.87. The lowest BCUT2D eigenvalue weighted by molar-refractivity contribution is -0.383. The van der Waals surface area contributed by atoms with E-state index in [9.17, 15) is 18.5 Å². The van der Waals surface area contributed by atoms with E-state index in [1.165, 1.54) is 0 Å². The van der Waals surface area contributed by atoms with Crippen molar-refractivity contribution in [2.75, 3.05) is 29.5 Å². The van der Waals surface area contributed by atoms with E-state index in [1.807, 2.05) is 6.92 Å². The number of benzene rings is 1. The van der Waals surface area contributed by atoms with Gasteiger partial charge in [0.15, 0.2) is 0 Å². The fourth-order valence-corrected chi connectivity index (χ4v) is 2.33. The van der Waals surface area contributed by atoms with E-state index in [0.717, 1.165) is 6.42 Å². The summed E-state index contributed by atoms with van der Waals surface area (Å²) in [5.74, 6) is -0.165. The lowest BCUT2D eigenvalue weighted by atomic mass is 10.2. The van der Waals surface area contributed by atoms with Crippen molar-refractivity contribution in [2.24, 2.45) is 5.14 Å². The molecule has 0 amide bonds. The molecular weight excluding hydrogens is 296 g/mol. The molecule has 1 aromatic rings. The fourth-order valence-electron chi connectivity index (χ4n) is 1.78. The molecule has 0 aliphatic heterocycles. The van der Waals surface area contributed by atoms with Crippen LogP contribution in [0.2, 0.25) is 0 Å². The van der Waals surface area contributed by atoms with Crippen molar-refractivity contribution in [3.8, 4) is 0 Å². The lowest BCUT2D eigenvalue weighted by Crippen LogP contribution is -2.19. The Morgan fingerprint density at radius 1 is 1.24 bits per heavy atom. The van der Waals surface area contributed by atoms with Crippen molar-refractivity contribution in [2.45, 2.75) is 19.8 Å². The molecule has 0 heterocycles. The maximum atomic E-state index is 11.2. The van der Waals surface area contributed by atoms with E-state index in [-0.39, 0.29) is 24.4 Å². The number of sulfonamides is 1. The second-order valence-electron chi connectivity index (χ2n) is 4.53. The third kappa shape index (κ3) is 5.96. The highest BCUT2D eigenvalue weighted by atomic mass is 32.2. The van der Waals surface area contributed by atoms with Gasteiger partial charge in [-0.2, -0.15) is 0 Å². The molecule has 0 bridgehead atoms. The van der Waals surface area contributed by atoms with Crippen molar-refractivity contribution >= 4 is 27.1 Å². The highest BCUT2D eigenvalue weighted by Crippen LogP contribution is 2.32. The molecule has 4 N–H and O–H groups in total. The molecule has 0 aliphatic rings. The van der Waals surface area contributed by atoms with Crippen LogP contribution in [0.1, 0.15) is 19.8 Å². The molecule has 0 fully saturated rings. The summed E-state index contributed by atoms with van der Waals surface area (Å²) < 4.78 is 21.6. The maximum Gasteiger partial charge on any atom is 0.315 e. The van der Waals surface area contributed by atoms with Crippen molar-refractivity contribution < 1.29 is 13.3 Å². The molecule has 0 saturated carbocycles. The zero-order valence-electron chi connectivity index (χ0n) is 11.8. The number of hydrogen-bond acceptors (Lipinski definition) is 6. The molecule has 0 aromatic heterocycles. The first-order valence-corrected chi connectivity index (χ1v) is 8.32. The van der Waals surface area contributed by atoms with Gasteiger partial charge in [-0.25, -0.2) is 13.6 Å². The van der Waals surface area contributed by atoms with Crippen LogP contribution < -0.4 is 15.8 Å². The molecule has 0 atom stereocenters. The highest BCUT2D eigenvalue weighted by molar-refractivity contribution is 7.89. The van der Waals surface area contributed by atoms with Crippen LogP contribution in [0, 0.1) is 10.1 Å². The van der Waals surface area contributed by atoms with Crippen LogP contribution in [-0.2, 0) is 10.0 Å². The molecule has 0 spiro atoms. The quantitative estimate of drug-likeness (QED) is 0.360. The summed E-state index contributed by atoms with van der Waals surface area (Å²) >= 11 is 0. The fraction of sp³-hybridized carbons (Fsp3) is 0.500. The second-order valence-corrected chi connectivity index (χ2v) is 6.27. The molecule has 118 valence electrons. The monoisotopic (exact) mass is 316 g/mol. The average Bonchev–Trinajstić information content (AvgIpc) is 2.40. The van der Waals surface area contributed by atoms with E-state index < -0.39 is 14.9 Å². The van der Waals surface area contributed by atoms with Crippen LogP contribution in [-0.4, -0.2) is 32.2 Å². The lowest BCUT2D eigenvalue weighted by Gasteiger charge is -2.11. The van der Waals surface area contributed by atoms with Crippen LogP contribution in [0.25, 0.3) is 0 Å². The number of hydrogen-bond donors (Lipinski definition) is 3. The minimum Gasteiger partial charge on any atom is -0.379 e. The van der Waals surface area contributed by atoms with E-state index in [2.05, 4.69) is 10.6 Å². The molecule has 0 radical (unpaired) electrons. The number of para-hydroxylation sites is 1. The van der Waals surface area contributed by atoms with Gasteiger partial charge in [0.2, 0.25) is 10.0 Å². The zero-order valence-corrected chi connectivity index (χ0v) is 12.6. The van der Waals surface area contributed by atoms with Gasteiger partial charge >= 0.3 is 5.69 Å². The van der Waals surface area contributed by atoms with Gasteiger partial charge in [0, 0.05) is 13.1 Å². The summed E-state index contributed by atoms with van der Waals surface area (Å²) in [6.45, 7) is 2.89. The van der Waals surface area contributed by atoms with Crippen molar-refractivity contribution in [1.82, 2.24) is 0 Å². The number of nitro groups is 1. The third-order valence-corrected chi connectivity index (χ3v) is 3.56. The van der Waals surface area contributed by atoms with Crippen LogP contribution in [0.4, 0.5) is 17.1 Å². The smallest absolute Gasteiger partial charge is 0.315 e. The first-order valence-electron chi connectivity index (χ1n) is 6.60. The topological polar surface area (TPSA) is 127 Å². The van der Waals surface area contributed by atoms with Gasteiger partial charge in [0.1, 0.15) is 11.4 Å². The number of nitrogens with two attached hydrogens (primary N) is 1. The SMILES string of the molecule is CCCNc1cccc(NCCCS(N)(=O)=O)c1[N+](=O)[O-]. The largest absolute Gasteiger partial charge is 0.379 e. The van der Waals surface area contributed by atoms with Gasteiger partial charge in [0.05, 0.1) is 10.7 Å². The first kappa shape index (κ1) is 17.2. The minimum absolute atomic E-state index is 0.0402. The summed E-state index contributed by atoms with van der Waals surface area (Å²) in [5, 5.41) is 22.0. The Morgan fingerprint density at radius 3 is 2.29 bits per heavy atom. The van der Waals surface area contributed by atoms with Crippen molar-refractivity contribution in [3.05, 3.63) is 28.3 Å². The number of anilines is 2. The third-order valence-electron chi connectivity index (χ3n) is 2.71. The molecular formula is C12H20N4O4S. The Morgan fingerprint density at radius 2 is 1.81 bits per heavy atom. The summed E-state index contributed by atoms with van der Waals surface area (Å²) in [6.07, 6.45) is 1.13. The van der Waals surface area contributed by atoms with Gasteiger partial charge < -0.3 is 10.6 Å². The Balaban J connectivity index is 2.79. The second kappa shape index (κ2) is 7.79. The normalized spacial score (nSPS) is 11.1. The van der Waals surface area contributed by atoms with Crippen molar-refractivity contribution in [1.29, 1.82) is 0 Å². The number of primary sulfonamides is 1. The van der Waals surface area contributed by atoms with E-state index in [4.69, 9.17) is 5.14 Å². The van der Waals surface area contributed by atoms with Crippen molar-refractivity contribution in [3.63, 3.8) is 0 Å². The molecule has 0 saturated heterocycles. The van der Waals surface area contributed by atoms with Crippen LogP contribution in [0.15, 0.2) is 18.2 Å². The Kier molecular flexibility index (Phi) is 6.38. The highest BCUT2D eigenvalue weighted by Gasteiger charge is 2.19. The predicted octanol–water partition coefficient (Wildman–Crippen LogP) is 1.51. The number of nitrogens with one attached hydrogen (secondary N) is 2. The molecule has 1 rings (SSSR count). The zero-order chi connectivity index (χ0) is 15.9. The number of rotatable bonds is 9. The molecule has 1 aromatic carbocycles. The molecule has 0 aliphatic carbocycles. The minimum atomic E-state index is -3.51. The molecule has 8 nitrogen and oxygen atoms in total. The number of nitro benzene ring substituents is 1. The van der Waals surface area contributed by atoms with Crippen LogP contribution in [0.5, 0.6) is 0 Å². The van der Waals surface area contributed by atoms with E-state index in [1.54, 1.807) is 18.2 Å². The summed E-state index contributed by atoms with van der Waals surface area (Å²) in [6, 6.07) is 4.93. The number of nitrogens with zero attached hydrogens (tertiary/aromatic N) is 1. The standard InChI is InChI=1S/C12H20N4O4S/c1-2-7-14-10-5-3-6-11(12(10)16(17)18)15-8-4-9-21(13,19)20/h3,5-6,14-15H,2,4,7-9H2,1H3,(H2,13,19,20). The van der Waals surface area contributed by atoms with Gasteiger partial charge in [0.25, 0.3) is 0 Å². The average molecular weight is 316 g/mol. The van der Waals surface area contributed by atoms with Crippen LogP contribution in [0.3, 0.4) is 0 Å². The molecule has 0 unspecified atom stereocenters. The van der Waals surface area contributed by atoms with Gasteiger partial charge in [-0.05, 0) is 25.0 Å². The summed E-state index contributed by atoms with van der Waals surface area (Å²) in [7, 11) is -3.51.